The van der Waals surface area contributed by atoms with Gasteiger partial charge >= 0.3 is 0 Å². The van der Waals surface area contributed by atoms with Gasteiger partial charge in [-0.15, -0.1) is 0 Å². The molecule has 1 atom stereocenters. The summed E-state index contributed by atoms with van der Waals surface area (Å²) in [6, 6.07) is 6.81. The number of piperidine rings is 1. The first-order valence-electron chi connectivity index (χ1n) is 7.82. The zero-order valence-corrected chi connectivity index (χ0v) is 12.9. The van der Waals surface area contributed by atoms with E-state index in [0.717, 1.165) is 25.9 Å². The van der Waals surface area contributed by atoms with E-state index in [0.29, 0.717) is 17.2 Å². The highest BCUT2D eigenvalue weighted by Crippen LogP contribution is 2.24. The first kappa shape index (κ1) is 15.8. The normalized spacial score (nSPS) is 18.2. The van der Waals surface area contributed by atoms with Crippen LogP contribution in [0.1, 0.15) is 38.7 Å². The molecule has 1 aromatic rings. The minimum absolute atomic E-state index is 0.246. The van der Waals surface area contributed by atoms with Gasteiger partial charge in [-0.2, -0.15) is 5.26 Å². The van der Waals surface area contributed by atoms with Gasteiger partial charge in [0.1, 0.15) is 5.82 Å². The molecule has 0 aliphatic carbocycles. The van der Waals surface area contributed by atoms with Gasteiger partial charge in [-0.3, -0.25) is 0 Å². The number of nitrogens with one attached hydrogen (secondary N) is 1. The summed E-state index contributed by atoms with van der Waals surface area (Å²) < 4.78 is 13.9. The Labute approximate surface area is 126 Å². The van der Waals surface area contributed by atoms with E-state index in [-0.39, 0.29) is 11.9 Å². The minimum atomic E-state index is -0.343. The van der Waals surface area contributed by atoms with Gasteiger partial charge in [0.15, 0.2) is 0 Å². The highest BCUT2D eigenvalue weighted by atomic mass is 19.1. The molecule has 1 aliphatic rings. The van der Waals surface area contributed by atoms with Gasteiger partial charge in [0, 0.05) is 6.04 Å². The summed E-state index contributed by atoms with van der Waals surface area (Å²) in [5.41, 5.74) is 0.857. The van der Waals surface area contributed by atoms with Gasteiger partial charge in [-0.1, -0.05) is 6.92 Å². The van der Waals surface area contributed by atoms with Crippen molar-refractivity contribution in [2.75, 3.05) is 25.0 Å². The Morgan fingerprint density at radius 3 is 2.71 bits per heavy atom. The van der Waals surface area contributed by atoms with E-state index in [1.807, 2.05) is 6.07 Å². The fourth-order valence-corrected chi connectivity index (χ4v) is 3.06. The lowest BCUT2D eigenvalue weighted by atomic mass is 9.90. The van der Waals surface area contributed by atoms with Crippen LogP contribution in [0, 0.1) is 23.1 Å². The number of nitrogens with zero attached hydrogens (tertiary/aromatic N) is 2. The zero-order valence-electron chi connectivity index (χ0n) is 12.9. The Bertz CT molecular complexity index is 501. The second-order valence-corrected chi connectivity index (χ2v) is 5.92. The molecule has 1 aromatic carbocycles. The van der Waals surface area contributed by atoms with Gasteiger partial charge in [0.2, 0.25) is 0 Å². The van der Waals surface area contributed by atoms with Crippen LogP contribution in [0.2, 0.25) is 0 Å². The summed E-state index contributed by atoms with van der Waals surface area (Å²) in [6.45, 7) is 7.79. The summed E-state index contributed by atoms with van der Waals surface area (Å²) in [4.78, 5) is 2.51. The van der Waals surface area contributed by atoms with Crippen LogP contribution in [0.4, 0.5) is 10.1 Å². The van der Waals surface area contributed by atoms with E-state index in [9.17, 15) is 4.39 Å². The van der Waals surface area contributed by atoms with Crippen molar-refractivity contribution in [3.63, 3.8) is 0 Å². The van der Waals surface area contributed by atoms with E-state index in [2.05, 4.69) is 24.1 Å². The summed E-state index contributed by atoms with van der Waals surface area (Å²) >= 11 is 0. The third-order valence-electron chi connectivity index (χ3n) is 4.36. The van der Waals surface area contributed by atoms with Crippen LogP contribution < -0.4 is 5.32 Å². The lowest BCUT2D eigenvalue weighted by molar-refractivity contribution is 0.176. The van der Waals surface area contributed by atoms with Crippen molar-refractivity contribution in [3.8, 4) is 6.07 Å². The Morgan fingerprint density at radius 1 is 1.43 bits per heavy atom. The predicted molar refractivity (Wildman–Crippen MR) is 83.7 cm³/mol. The quantitative estimate of drug-likeness (QED) is 0.900. The Kier molecular flexibility index (Phi) is 5.58. The van der Waals surface area contributed by atoms with E-state index in [1.54, 1.807) is 12.1 Å². The highest BCUT2D eigenvalue weighted by molar-refractivity contribution is 5.49. The highest BCUT2D eigenvalue weighted by Gasteiger charge is 2.23. The fraction of sp³-hybridized carbons (Fsp3) is 0.588. The van der Waals surface area contributed by atoms with Crippen LogP contribution in [0.3, 0.4) is 0 Å². The standard InChI is InChI=1S/C17H24FN3/c1-3-8-21-9-6-15(7-10-21)13(2)20-17-5-4-14(12-19)11-16(17)18/h4-5,11,13,15,20H,3,6-10H2,1-2H3. The van der Waals surface area contributed by atoms with Gasteiger partial charge < -0.3 is 10.2 Å². The molecule has 0 bridgehead atoms. The van der Waals surface area contributed by atoms with E-state index >= 15 is 0 Å². The molecule has 1 fully saturated rings. The van der Waals surface area contributed by atoms with Gasteiger partial charge in [-0.05, 0) is 69.9 Å². The first-order valence-corrected chi connectivity index (χ1v) is 7.82. The van der Waals surface area contributed by atoms with Crippen molar-refractivity contribution in [2.24, 2.45) is 5.92 Å². The maximum Gasteiger partial charge on any atom is 0.147 e. The summed E-state index contributed by atoms with van der Waals surface area (Å²) in [7, 11) is 0. The van der Waals surface area contributed by atoms with E-state index in [4.69, 9.17) is 5.26 Å². The van der Waals surface area contributed by atoms with E-state index in [1.165, 1.54) is 19.0 Å². The molecule has 1 N–H and O–H groups in total. The molecule has 0 radical (unpaired) electrons. The molecular weight excluding hydrogens is 265 g/mol. The maximum absolute atomic E-state index is 13.9. The average Bonchev–Trinajstić information content (AvgIpc) is 2.50. The average molecular weight is 289 g/mol. The zero-order chi connectivity index (χ0) is 15.2. The van der Waals surface area contributed by atoms with E-state index < -0.39 is 0 Å². The summed E-state index contributed by atoms with van der Waals surface area (Å²) in [5, 5.41) is 12.0. The predicted octanol–water partition coefficient (Wildman–Crippen LogP) is 3.62. The fourth-order valence-electron chi connectivity index (χ4n) is 3.06. The largest absolute Gasteiger partial charge is 0.380 e. The molecule has 114 valence electrons. The van der Waals surface area contributed by atoms with Crippen LogP contribution >= 0.6 is 0 Å². The van der Waals surface area contributed by atoms with Crippen LogP contribution in [0.25, 0.3) is 0 Å². The number of halogens is 1. The Balaban J connectivity index is 1.90. The third kappa shape index (κ3) is 4.18. The van der Waals surface area contributed by atoms with Crippen LogP contribution in [-0.4, -0.2) is 30.6 Å². The number of benzene rings is 1. The van der Waals surface area contributed by atoms with Crippen LogP contribution in [-0.2, 0) is 0 Å². The van der Waals surface area contributed by atoms with Crippen molar-refractivity contribution in [1.29, 1.82) is 5.26 Å². The number of nitriles is 1. The number of likely N-dealkylation sites (tertiary alicyclic amines) is 1. The number of anilines is 1. The molecular formula is C17H24FN3. The lowest BCUT2D eigenvalue weighted by Gasteiger charge is -2.35. The molecule has 0 amide bonds. The first-order chi connectivity index (χ1) is 10.1. The molecule has 3 nitrogen and oxygen atoms in total. The molecule has 0 aromatic heterocycles. The number of rotatable bonds is 5. The van der Waals surface area contributed by atoms with Crippen molar-refractivity contribution in [2.45, 2.75) is 39.2 Å². The minimum Gasteiger partial charge on any atom is -0.380 e. The molecule has 1 unspecified atom stereocenters. The topological polar surface area (TPSA) is 39.1 Å². The van der Waals surface area contributed by atoms with Crippen molar-refractivity contribution >= 4 is 5.69 Å². The monoisotopic (exact) mass is 289 g/mol. The van der Waals surface area contributed by atoms with Crippen molar-refractivity contribution in [1.82, 2.24) is 4.90 Å². The second kappa shape index (κ2) is 7.42. The Morgan fingerprint density at radius 2 is 2.14 bits per heavy atom. The lowest BCUT2D eigenvalue weighted by Crippen LogP contribution is -2.39. The molecule has 0 saturated carbocycles. The van der Waals surface area contributed by atoms with Gasteiger partial charge in [-0.25, -0.2) is 4.39 Å². The van der Waals surface area contributed by atoms with Crippen molar-refractivity contribution in [3.05, 3.63) is 29.6 Å². The van der Waals surface area contributed by atoms with Gasteiger partial charge in [0.05, 0.1) is 17.3 Å². The number of hydrogen-bond acceptors (Lipinski definition) is 3. The second-order valence-electron chi connectivity index (χ2n) is 5.92. The molecule has 1 aliphatic heterocycles. The molecule has 4 heteroatoms. The molecule has 1 saturated heterocycles. The van der Waals surface area contributed by atoms with Crippen molar-refractivity contribution < 1.29 is 4.39 Å². The Hall–Kier alpha value is -1.60. The third-order valence-corrected chi connectivity index (χ3v) is 4.36. The van der Waals surface area contributed by atoms with Gasteiger partial charge in [0.25, 0.3) is 0 Å². The van der Waals surface area contributed by atoms with Crippen LogP contribution in [0.15, 0.2) is 18.2 Å². The SMILES string of the molecule is CCCN1CCC(C(C)Nc2ccc(C#N)cc2F)CC1. The smallest absolute Gasteiger partial charge is 0.147 e. The molecule has 2 rings (SSSR count). The molecule has 0 spiro atoms. The maximum atomic E-state index is 13.9. The van der Waals surface area contributed by atoms with Crippen LogP contribution in [0.5, 0.6) is 0 Å². The molecule has 1 heterocycles. The number of hydrogen-bond donors (Lipinski definition) is 1. The summed E-state index contributed by atoms with van der Waals surface area (Å²) in [6.07, 6.45) is 3.52. The summed E-state index contributed by atoms with van der Waals surface area (Å²) in [5.74, 6) is 0.234. The molecule has 21 heavy (non-hydrogen) atoms.